The summed E-state index contributed by atoms with van der Waals surface area (Å²) in [5, 5.41) is 4.27. The first kappa shape index (κ1) is 10.5. The zero-order valence-electron chi connectivity index (χ0n) is 9.70. The second-order valence-electron chi connectivity index (χ2n) is 4.56. The SMILES string of the molecule is Cc1cc(OCC2CCCCC2)n(C)n1. The van der Waals surface area contributed by atoms with E-state index in [4.69, 9.17) is 4.74 Å². The highest BCUT2D eigenvalue weighted by molar-refractivity contribution is 5.14. The highest BCUT2D eigenvalue weighted by Gasteiger charge is 2.14. The Morgan fingerprint density at radius 1 is 1.40 bits per heavy atom. The first-order valence-electron chi connectivity index (χ1n) is 5.89. The van der Waals surface area contributed by atoms with E-state index in [1.165, 1.54) is 32.1 Å². The molecule has 0 aliphatic heterocycles. The molecule has 0 bridgehead atoms. The van der Waals surface area contributed by atoms with Crippen LogP contribution in [0.1, 0.15) is 37.8 Å². The number of rotatable bonds is 3. The van der Waals surface area contributed by atoms with Gasteiger partial charge in [-0.2, -0.15) is 5.10 Å². The van der Waals surface area contributed by atoms with E-state index in [9.17, 15) is 0 Å². The standard InChI is InChI=1S/C12H20N2O/c1-10-8-12(14(2)13-10)15-9-11-6-4-3-5-7-11/h8,11H,3-7,9H2,1-2H3. The fourth-order valence-electron chi connectivity index (χ4n) is 2.28. The van der Waals surface area contributed by atoms with Crippen molar-refractivity contribution in [3.63, 3.8) is 0 Å². The minimum Gasteiger partial charge on any atom is -0.478 e. The van der Waals surface area contributed by atoms with Gasteiger partial charge in [0.25, 0.3) is 0 Å². The van der Waals surface area contributed by atoms with Crippen molar-refractivity contribution >= 4 is 0 Å². The van der Waals surface area contributed by atoms with Gasteiger partial charge in [-0.3, -0.25) is 0 Å². The third kappa shape index (κ3) is 2.74. The minimum atomic E-state index is 0.758. The maximum absolute atomic E-state index is 5.80. The zero-order valence-corrected chi connectivity index (χ0v) is 9.70. The smallest absolute Gasteiger partial charge is 0.211 e. The van der Waals surface area contributed by atoms with Gasteiger partial charge in [0.15, 0.2) is 0 Å². The molecule has 1 aromatic rings. The summed E-state index contributed by atoms with van der Waals surface area (Å²) in [7, 11) is 1.93. The molecule has 0 radical (unpaired) electrons. The van der Waals surface area contributed by atoms with Crippen LogP contribution in [0.3, 0.4) is 0 Å². The van der Waals surface area contributed by atoms with Crippen LogP contribution in [0.5, 0.6) is 5.88 Å². The number of hydrogen-bond donors (Lipinski definition) is 0. The molecule has 2 rings (SSSR count). The molecule has 1 aliphatic carbocycles. The van der Waals surface area contributed by atoms with Crippen molar-refractivity contribution in [2.24, 2.45) is 13.0 Å². The highest BCUT2D eigenvalue weighted by atomic mass is 16.5. The number of nitrogens with zero attached hydrogens (tertiary/aromatic N) is 2. The lowest BCUT2D eigenvalue weighted by molar-refractivity contribution is 0.196. The molecule has 0 spiro atoms. The van der Waals surface area contributed by atoms with Crippen LogP contribution in [-0.2, 0) is 7.05 Å². The average Bonchev–Trinajstić information content (AvgIpc) is 2.56. The molecular weight excluding hydrogens is 188 g/mol. The van der Waals surface area contributed by atoms with Gasteiger partial charge in [0.05, 0.1) is 12.3 Å². The minimum absolute atomic E-state index is 0.758. The van der Waals surface area contributed by atoms with Crippen molar-refractivity contribution in [2.75, 3.05) is 6.61 Å². The van der Waals surface area contributed by atoms with Crippen molar-refractivity contribution in [1.29, 1.82) is 0 Å². The van der Waals surface area contributed by atoms with Gasteiger partial charge in [-0.15, -0.1) is 0 Å². The van der Waals surface area contributed by atoms with Crippen molar-refractivity contribution < 1.29 is 4.74 Å². The summed E-state index contributed by atoms with van der Waals surface area (Å²) in [6, 6.07) is 2.00. The number of hydrogen-bond acceptors (Lipinski definition) is 2. The molecule has 1 aromatic heterocycles. The van der Waals surface area contributed by atoms with Crippen LogP contribution in [0.15, 0.2) is 6.07 Å². The molecule has 0 amide bonds. The van der Waals surface area contributed by atoms with Crippen LogP contribution in [-0.4, -0.2) is 16.4 Å². The third-order valence-corrected chi connectivity index (χ3v) is 3.15. The van der Waals surface area contributed by atoms with Crippen LogP contribution in [0.25, 0.3) is 0 Å². The Labute approximate surface area is 91.4 Å². The normalized spacial score (nSPS) is 18.0. The van der Waals surface area contributed by atoms with Gasteiger partial charge >= 0.3 is 0 Å². The zero-order chi connectivity index (χ0) is 10.7. The van der Waals surface area contributed by atoms with E-state index < -0.39 is 0 Å². The summed E-state index contributed by atoms with van der Waals surface area (Å²) in [4.78, 5) is 0. The highest BCUT2D eigenvalue weighted by Crippen LogP contribution is 2.24. The van der Waals surface area contributed by atoms with Crippen molar-refractivity contribution in [3.8, 4) is 5.88 Å². The molecule has 1 heterocycles. The van der Waals surface area contributed by atoms with Crippen LogP contribution in [0.2, 0.25) is 0 Å². The molecule has 84 valence electrons. The lowest BCUT2D eigenvalue weighted by Crippen LogP contribution is -2.16. The average molecular weight is 208 g/mol. The number of aryl methyl sites for hydroxylation is 2. The molecule has 3 heteroatoms. The summed E-state index contributed by atoms with van der Waals surface area (Å²) in [5.74, 6) is 1.66. The molecule has 1 saturated carbocycles. The molecule has 0 unspecified atom stereocenters. The first-order chi connectivity index (χ1) is 7.25. The molecular formula is C12H20N2O. The molecule has 1 fully saturated rings. The van der Waals surface area contributed by atoms with Crippen molar-refractivity contribution in [2.45, 2.75) is 39.0 Å². The second-order valence-corrected chi connectivity index (χ2v) is 4.56. The van der Waals surface area contributed by atoms with Gasteiger partial charge in [-0.05, 0) is 25.7 Å². The van der Waals surface area contributed by atoms with Crippen LogP contribution < -0.4 is 4.74 Å². The number of ether oxygens (including phenoxy) is 1. The Morgan fingerprint density at radius 2 is 2.13 bits per heavy atom. The largest absolute Gasteiger partial charge is 0.478 e. The first-order valence-corrected chi connectivity index (χ1v) is 5.89. The molecule has 0 N–H and O–H groups in total. The monoisotopic (exact) mass is 208 g/mol. The van der Waals surface area contributed by atoms with Gasteiger partial charge in [0.1, 0.15) is 0 Å². The Bertz CT molecular complexity index is 313. The van der Waals surface area contributed by atoms with Gasteiger partial charge in [-0.25, -0.2) is 4.68 Å². The van der Waals surface area contributed by atoms with Gasteiger partial charge in [0, 0.05) is 13.1 Å². The van der Waals surface area contributed by atoms with Gasteiger partial charge < -0.3 is 4.74 Å². The van der Waals surface area contributed by atoms with E-state index in [0.717, 1.165) is 24.1 Å². The molecule has 0 saturated heterocycles. The van der Waals surface area contributed by atoms with E-state index in [1.54, 1.807) is 0 Å². The predicted molar refractivity (Wildman–Crippen MR) is 60.0 cm³/mol. The van der Waals surface area contributed by atoms with Crippen LogP contribution in [0, 0.1) is 12.8 Å². The Hall–Kier alpha value is -0.990. The van der Waals surface area contributed by atoms with Gasteiger partial charge in [0.2, 0.25) is 5.88 Å². The van der Waals surface area contributed by atoms with Crippen molar-refractivity contribution in [1.82, 2.24) is 9.78 Å². The lowest BCUT2D eigenvalue weighted by Gasteiger charge is -2.21. The Balaban J connectivity index is 1.84. The fraction of sp³-hybridized carbons (Fsp3) is 0.750. The molecule has 0 atom stereocenters. The molecule has 3 nitrogen and oxygen atoms in total. The molecule has 1 aliphatic rings. The number of aromatic nitrogens is 2. The van der Waals surface area contributed by atoms with E-state index in [2.05, 4.69) is 5.10 Å². The van der Waals surface area contributed by atoms with E-state index in [-0.39, 0.29) is 0 Å². The fourth-order valence-corrected chi connectivity index (χ4v) is 2.28. The predicted octanol–water partition coefficient (Wildman–Crippen LogP) is 2.69. The summed E-state index contributed by atoms with van der Waals surface area (Å²) >= 11 is 0. The summed E-state index contributed by atoms with van der Waals surface area (Å²) in [5.41, 5.74) is 1.02. The Morgan fingerprint density at radius 3 is 2.73 bits per heavy atom. The van der Waals surface area contributed by atoms with Crippen molar-refractivity contribution in [3.05, 3.63) is 11.8 Å². The topological polar surface area (TPSA) is 27.1 Å². The maximum atomic E-state index is 5.80. The lowest BCUT2D eigenvalue weighted by atomic mass is 9.90. The second kappa shape index (κ2) is 4.69. The van der Waals surface area contributed by atoms with Gasteiger partial charge in [-0.1, -0.05) is 19.3 Å². The Kier molecular flexibility index (Phi) is 3.29. The summed E-state index contributed by atoms with van der Waals surface area (Å²) < 4.78 is 7.62. The van der Waals surface area contributed by atoms with Crippen LogP contribution in [0.4, 0.5) is 0 Å². The molecule has 15 heavy (non-hydrogen) atoms. The van der Waals surface area contributed by atoms with E-state index in [1.807, 2.05) is 24.7 Å². The maximum Gasteiger partial charge on any atom is 0.211 e. The van der Waals surface area contributed by atoms with E-state index >= 15 is 0 Å². The molecule has 0 aromatic carbocycles. The third-order valence-electron chi connectivity index (χ3n) is 3.15. The van der Waals surface area contributed by atoms with Crippen LogP contribution >= 0.6 is 0 Å². The van der Waals surface area contributed by atoms with E-state index in [0.29, 0.717) is 0 Å². The quantitative estimate of drug-likeness (QED) is 0.763. The summed E-state index contributed by atoms with van der Waals surface area (Å²) in [6.45, 7) is 2.85. The summed E-state index contributed by atoms with van der Waals surface area (Å²) in [6.07, 6.45) is 6.81.